The molecule has 312 valence electrons. The van der Waals surface area contributed by atoms with Crippen LogP contribution in [0.15, 0.2) is 131 Å². The molecule has 0 atom stereocenters. The monoisotopic (exact) mass is 856 g/mol. The molecule has 0 spiro atoms. The number of ether oxygens (including phenoxy) is 2. The van der Waals surface area contributed by atoms with Gasteiger partial charge in [-0.25, -0.2) is 37.5 Å². The zero-order valence-electron chi connectivity index (χ0n) is 31.7. The van der Waals surface area contributed by atoms with Crippen molar-refractivity contribution in [2.45, 2.75) is 12.8 Å². The molecule has 0 amide bonds. The summed E-state index contributed by atoms with van der Waals surface area (Å²) in [5, 5.41) is 8.08. The average Bonchev–Trinajstić information content (AvgIpc) is 3.85. The van der Waals surface area contributed by atoms with Crippen LogP contribution in [0.4, 0.5) is 29.2 Å². The summed E-state index contributed by atoms with van der Waals surface area (Å²) in [5.41, 5.74) is 16.1. The SMILES string of the molecule is CP(=O)(O)O.Nc1ncccc1-c1cc(Cc2ccc(Oc3cc(F)cc(F)c3)nc2)no1.Nc1ncccc1-c1cc(Cc2ccc(Oc3cc(F)cc(F)c3)nc2)no1. The Balaban J connectivity index is 0.000000184. The van der Waals surface area contributed by atoms with E-state index in [2.05, 4.69) is 30.2 Å². The van der Waals surface area contributed by atoms with E-state index < -0.39 is 30.9 Å². The maximum atomic E-state index is 13.2. The summed E-state index contributed by atoms with van der Waals surface area (Å²) in [4.78, 5) is 31.6. The predicted octanol–water partition coefficient (Wildman–Crippen LogP) is 8.54. The Hall–Kier alpha value is -7.47. The fourth-order valence-electron chi connectivity index (χ4n) is 5.28. The number of aromatic nitrogens is 6. The number of rotatable bonds is 10. The fourth-order valence-corrected chi connectivity index (χ4v) is 5.28. The molecule has 6 N–H and O–H groups in total. The molecule has 0 aliphatic rings. The molecular formula is C41H33F4N8O7P. The van der Waals surface area contributed by atoms with Gasteiger partial charge in [0.2, 0.25) is 11.8 Å². The van der Waals surface area contributed by atoms with E-state index in [0.717, 1.165) is 54.2 Å². The Kier molecular flexibility index (Phi) is 13.8. The second-order valence-electron chi connectivity index (χ2n) is 12.9. The summed E-state index contributed by atoms with van der Waals surface area (Å²) in [6.45, 7) is 0.854. The number of nitrogens with two attached hydrogens (primary N) is 2. The summed E-state index contributed by atoms with van der Waals surface area (Å²) in [7, 11) is -3.64. The van der Waals surface area contributed by atoms with Gasteiger partial charge in [-0.05, 0) is 35.4 Å². The lowest BCUT2D eigenvalue weighted by Crippen LogP contribution is -1.93. The van der Waals surface area contributed by atoms with Gasteiger partial charge in [0.05, 0.1) is 22.5 Å². The first-order valence-electron chi connectivity index (χ1n) is 17.7. The standard InChI is InChI=1S/2C20H14F2N4O2.CH5O3P/c2*21-13-7-14(22)9-16(8-13)27-19-4-3-12(11-25-19)6-15-10-18(28-26-15)17-2-1-5-24-20(17)23;1-5(2,3)4/h2*1-5,7-11H,6H2,(H2,23,24);1H3,(H2,2,3,4). The number of pyridine rings is 4. The largest absolute Gasteiger partial charge is 0.439 e. The van der Waals surface area contributed by atoms with Gasteiger partial charge in [0.15, 0.2) is 11.5 Å². The van der Waals surface area contributed by atoms with Gasteiger partial charge in [0.25, 0.3) is 0 Å². The van der Waals surface area contributed by atoms with Gasteiger partial charge in [-0.15, -0.1) is 0 Å². The van der Waals surface area contributed by atoms with Crippen LogP contribution in [0.2, 0.25) is 0 Å². The molecule has 0 saturated heterocycles. The summed E-state index contributed by atoms with van der Waals surface area (Å²) in [6.07, 6.45) is 7.35. The molecule has 0 radical (unpaired) electrons. The first-order chi connectivity index (χ1) is 29.1. The number of nitrogen functional groups attached to an aromatic ring is 2. The van der Waals surface area contributed by atoms with E-state index >= 15 is 0 Å². The highest BCUT2D eigenvalue weighted by Gasteiger charge is 2.13. The molecule has 6 heterocycles. The summed E-state index contributed by atoms with van der Waals surface area (Å²) >= 11 is 0. The van der Waals surface area contributed by atoms with Crippen molar-refractivity contribution < 1.29 is 50.4 Å². The van der Waals surface area contributed by atoms with Crippen molar-refractivity contribution >= 4 is 19.2 Å². The molecule has 0 aliphatic heterocycles. The minimum atomic E-state index is -3.64. The minimum absolute atomic E-state index is 0.0351. The van der Waals surface area contributed by atoms with Gasteiger partial charge in [0.1, 0.15) is 46.4 Å². The molecule has 0 unspecified atom stereocenters. The first kappa shape index (κ1) is 43.1. The Bertz CT molecular complexity index is 2540. The molecular weight excluding hydrogens is 823 g/mol. The highest BCUT2D eigenvalue weighted by Crippen LogP contribution is 2.29. The van der Waals surface area contributed by atoms with Crippen molar-refractivity contribution in [3.63, 3.8) is 0 Å². The molecule has 20 heteroatoms. The van der Waals surface area contributed by atoms with E-state index in [1.165, 1.54) is 0 Å². The highest BCUT2D eigenvalue weighted by atomic mass is 31.2. The highest BCUT2D eigenvalue weighted by molar-refractivity contribution is 7.50. The van der Waals surface area contributed by atoms with Gasteiger partial charge >= 0.3 is 7.60 Å². The van der Waals surface area contributed by atoms with Gasteiger partial charge in [-0.2, -0.15) is 0 Å². The topological polar surface area (TPSA) is 232 Å². The van der Waals surface area contributed by atoms with Crippen molar-refractivity contribution in [1.82, 2.24) is 30.2 Å². The van der Waals surface area contributed by atoms with E-state index in [9.17, 15) is 22.1 Å². The number of halogens is 4. The molecule has 0 aliphatic carbocycles. The van der Waals surface area contributed by atoms with Crippen molar-refractivity contribution in [3.05, 3.63) is 168 Å². The van der Waals surface area contributed by atoms with Crippen LogP contribution in [0, 0.1) is 23.3 Å². The molecule has 8 rings (SSSR count). The smallest absolute Gasteiger partial charge is 0.322 e. The van der Waals surface area contributed by atoms with Crippen LogP contribution in [0.3, 0.4) is 0 Å². The van der Waals surface area contributed by atoms with Crippen LogP contribution in [-0.4, -0.2) is 46.7 Å². The van der Waals surface area contributed by atoms with Gasteiger partial charge in [-0.1, -0.05) is 22.4 Å². The summed E-state index contributed by atoms with van der Waals surface area (Å²) in [6, 6.07) is 23.4. The van der Waals surface area contributed by atoms with Crippen LogP contribution in [0.25, 0.3) is 22.6 Å². The van der Waals surface area contributed by atoms with Crippen LogP contribution < -0.4 is 20.9 Å². The molecule has 15 nitrogen and oxygen atoms in total. The van der Waals surface area contributed by atoms with Crippen molar-refractivity contribution in [2.75, 3.05) is 18.1 Å². The van der Waals surface area contributed by atoms with Crippen molar-refractivity contribution in [1.29, 1.82) is 0 Å². The molecule has 0 bridgehead atoms. The van der Waals surface area contributed by atoms with Crippen LogP contribution in [0.1, 0.15) is 22.5 Å². The normalized spacial score (nSPS) is 10.9. The van der Waals surface area contributed by atoms with E-state index in [4.69, 9.17) is 39.8 Å². The predicted molar refractivity (Wildman–Crippen MR) is 213 cm³/mol. The van der Waals surface area contributed by atoms with Crippen molar-refractivity contribution in [2.24, 2.45) is 0 Å². The van der Waals surface area contributed by atoms with Gasteiger partial charge in [-0.3, -0.25) is 4.57 Å². The third kappa shape index (κ3) is 13.3. The van der Waals surface area contributed by atoms with Crippen LogP contribution in [-0.2, 0) is 17.4 Å². The number of nitrogens with zero attached hydrogens (tertiary/aromatic N) is 6. The van der Waals surface area contributed by atoms with Gasteiger partial charge in [0, 0.05) is 105 Å². The number of hydrogen-bond acceptors (Lipinski definition) is 13. The maximum absolute atomic E-state index is 13.2. The minimum Gasteiger partial charge on any atom is -0.439 e. The molecule has 2 aromatic carbocycles. The lowest BCUT2D eigenvalue weighted by Gasteiger charge is -2.05. The second-order valence-corrected chi connectivity index (χ2v) is 14.5. The average molecular weight is 857 g/mol. The zero-order valence-corrected chi connectivity index (χ0v) is 32.6. The zero-order chi connectivity index (χ0) is 43.5. The molecule has 61 heavy (non-hydrogen) atoms. The summed E-state index contributed by atoms with van der Waals surface area (Å²) < 4.78 is 83.6. The molecule has 0 fully saturated rings. The summed E-state index contributed by atoms with van der Waals surface area (Å²) in [5.74, 6) is -0.584. The first-order valence-corrected chi connectivity index (χ1v) is 19.7. The van der Waals surface area contributed by atoms with E-state index in [1.807, 2.05) is 0 Å². The van der Waals surface area contributed by atoms with Crippen LogP contribution >= 0.6 is 7.60 Å². The van der Waals surface area contributed by atoms with Gasteiger partial charge < -0.3 is 39.8 Å². The Morgan fingerprint density at radius 1 is 0.590 bits per heavy atom. The van der Waals surface area contributed by atoms with E-state index in [1.54, 1.807) is 85.5 Å². The van der Waals surface area contributed by atoms with Crippen molar-refractivity contribution in [3.8, 4) is 45.9 Å². The Morgan fingerprint density at radius 2 is 0.967 bits per heavy atom. The maximum Gasteiger partial charge on any atom is 0.322 e. The van der Waals surface area contributed by atoms with E-state index in [0.29, 0.717) is 58.5 Å². The molecule has 0 saturated carbocycles. The fraction of sp³-hybridized carbons (Fsp3) is 0.0732. The number of hydrogen-bond donors (Lipinski definition) is 4. The van der Waals surface area contributed by atoms with Crippen LogP contribution in [0.5, 0.6) is 23.3 Å². The lowest BCUT2D eigenvalue weighted by molar-refractivity contribution is 0.381. The number of anilines is 2. The quantitative estimate of drug-likeness (QED) is 0.0745. The third-order valence-corrected chi connectivity index (χ3v) is 7.81. The number of benzene rings is 2. The molecule has 8 aromatic rings. The molecule has 6 aromatic heterocycles. The van der Waals surface area contributed by atoms with E-state index in [-0.39, 0.29) is 23.3 Å². The third-order valence-electron chi connectivity index (χ3n) is 7.81. The Morgan fingerprint density at radius 3 is 1.30 bits per heavy atom. The second kappa shape index (κ2) is 19.5. The lowest BCUT2D eigenvalue weighted by atomic mass is 10.1. The Labute approximate surface area is 343 Å².